The van der Waals surface area contributed by atoms with Gasteiger partial charge in [0, 0.05) is 12.5 Å². The van der Waals surface area contributed by atoms with E-state index in [9.17, 15) is 19.6 Å². The zero-order chi connectivity index (χ0) is 26.2. The molecule has 0 aromatic heterocycles. The number of thioether (sulfide) groups is 1. The third-order valence-electron chi connectivity index (χ3n) is 5.33. The number of hydrogen-bond acceptors (Lipinski definition) is 7. The highest BCUT2D eigenvalue weighted by atomic mass is 35.5. The number of methoxy groups -OCH3 is 1. The summed E-state index contributed by atoms with van der Waals surface area (Å²) in [6.45, 7) is 2.44. The molecular weight excluding hydrogens is 525 g/mol. The highest BCUT2D eigenvalue weighted by Crippen LogP contribution is 2.44. The third kappa shape index (κ3) is 6.32. The van der Waals surface area contributed by atoms with E-state index in [1.807, 2.05) is 30.3 Å². The van der Waals surface area contributed by atoms with E-state index in [0.29, 0.717) is 18.7 Å². The molecule has 0 bridgehead atoms. The minimum Gasteiger partial charge on any atom is -0.491 e. The van der Waals surface area contributed by atoms with E-state index in [2.05, 4.69) is 16.7 Å². The molecule has 0 aliphatic carbocycles. The number of carbonyl (C=O) groups excluding carboxylic acids is 3. The summed E-state index contributed by atoms with van der Waals surface area (Å²) in [6.07, 6.45) is 0. The molecule has 0 unspecified atom stereocenters. The van der Waals surface area contributed by atoms with Gasteiger partial charge in [-0.15, -0.1) is 0 Å². The molecule has 1 heterocycles. The number of benzene rings is 2. The molecule has 8 nitrogen and oxygen atoms in total. The second-order valence-electron chi connectivity index (χ2n) is 7.62. The maximum absolute atomic E-state index is 13.0. The van der Waals surface area contributed by atoms with E-state index in [-0.39, 0.29) is 38.1 Å². The summed E-state index contributed by atoms with van der Waals surface area (Å²) in [6, 6.07) is 14.5. The van der Waals surface area contributed by atoms with Crippen molar-refractivity contribution in [2.45, 2.75) is 19.4 Å². The molecule has 3 rings (SSSR count). The molecule has 2 atom stereocenters. The zero-order valence-electron chi connectivity index (χ0n) is 19.5. The Hall–Kier alpha value is -3.19. The number of carbonyl (C=O) groups is 3. The topological polar surface area (TPSA) is 118 Å². The lowest BCUT2D eigenvalue weighted by Gasteiger charge is -2.31. The average molecular weight is 548 g/mol. The Morgan fingerprint density at radius 3 is 2.44 bits per heavy atom. The standard InChI is InChI=1S/C25H23Cl2N3O5S/c1-3-35-22-17(26)9-15(10-18(22)27)20-16(11-28)24(30-23(32)21(20)25(33)34-2)36-13-19(31)29-12-14-7-5-4-6-8-14/h4-10,20-21H,3,12-13H2,1-2H3,(H,29,31)(H,30,32)/t20-,21-/m1/s1. The Labute approximate surface area is 222 Å². The van der Waals surface area contributed by atoms with Gasteiger partial charge in [0.1, 0.15) is 5.92 Å². The molecule has 0 spiro atoms. The SMILES string of the molecule is CCOc1c(Cl)cc([C@@H]2C(C#N)=C(SCC(=O)NCc3ccccc3)NC(=O)[C@@H]2C(=O)OC)cc1Cl. The summed E-state index contributed by atoms with van der Waals surface area (Å²) in [7, 11) is 1.15. The van der Waals surface area contributed by atoms with E-state index >= 15 is 0 Å². The molecule has 0 radical (unpaired) electrons. The van der Waals surface area contributed by atoms with Crippen LogP contribution in [0, 0.1) is 17.2 Å². The molecule has 1 aliphatic rings. The number of allylic oxidation sites excluding steroid dienone is 1. The summed E-state index contributed by atoms with van der Waals surface area (Å²) in [5.41, 5.74) is 1.38. The predicted molar refractivity (Wildman–Crippen MR) is 137 cm³/mol. The largest absolute Gasteiger partial charge is 0.491 e. The molecule has 2 aromatic rings. The molecule has 11 heteroatoms. The van der Waals surface area contributed by atoms with E-state index < -0.39 is 23.7 Å². The molecule has 1 aliphatic heterocycles. The number of hydrogen-bond donors (Lipinski definition) is 2. The Morgan fingerprint density at radius 1 is 1.19 bits per heavy atom. The first-order valence-corrected chi connectivity index (χ1v) is 12.6. The summed E-state index contributed by atoms with van der Waals surface area (Å²) >= 11 is 13.7. The first-order chi connectivity index (χ1) is 17.3. The Morgan fingerprint density at radius 2 is 1.86 bits per heavy atom. The number of amides is 2. The smallest absolute Gasteiger partial charge is 0.319 e. The Kier molecular flexibility index (Phi) is 9.65. The lowest BCUT2D eigenvalue weighted by Crippen LogP contribution is -2.44. The fourth-order valence-electron chi connectivity index (χ4n) is 3.71. The van der Waals surface area contributed by atoms with Crippen LogP contribution in [0.25, 0.3) is 0 Å². The highest BCUT2D eigenvalue weighted by Gasteiger charge is 2.44. The van der Waals surface area contributed by atoms with Gasteiger partial charge in [-0.3, -0.25) is 14.4 Å². The van der Waals surface area contributed by atoms with Crippen molar-refractivity contribution in [3.63, 3.8) is 0 Å². The van der Waals surface area contributed by atoms with Crippen molar-refractivity contribution >= 4 is 52.7 Å². The van der Waals surface area contributed by atoms with Crippen LogP contribution in [0.5, 0.6) is 5.75 Å². The summed E-state index contributed by atoms with van der Waals surface area (Å²) in [5, 5.41) is 15.9. The minimum absolute atomic E-state index is 0.0615. The Bertz CT molecular complexity index is 1210. The highest BCUT2D eigenvalue weighted by molar-refractivity contribution is 8.03. The number of halogens is 2. The fraction of sp³-hybridized carbons (Fsp3) is 0.280. The summed E-state index contributed by atoms with van der Waals surface area (Å²) in [4.78, 5) is 38.0. The number of nitriles is 1. The van der Waals surface area contributed by atoms with Crippen molar-refractivity contribution in [3.8, 4) is 11.8 Å². The van der Waals surface area contributed by atoms with Gasteiger partial charge in [0.05, 0.1) is 46.2 Å². The quantitative estimate of drug-likeness (QED) is 0.357. The monoisotopic (exact) mass is 547 g/mol. The van der Waals surface area contributed by atoms with Gasteiger partial charge in [-0.1, -0.05) is 65.3 Å². The second kappa shape index (κ2) is 12.7. The van der Waals surface area contributed by atoms with E-state index in [4.69, 9.17) is 32.7 Å². The number of nitrogens with zero attached hydrogens (tertiary/aromatic N) is 1. The first-order valence-electron chi connectivity index (χ1n) is 10.9. The third-order valence-corrected chi connectivity index (χ3v) is 6.91. The molecule has 36 heavy (non-hydrogen) atoms. The number of nitrogens with one attached hydrogen (secondary N) is 2. The molecule has 2 amide bonds. The van der Waals surface area contributed by atoms with Gasteiger partial charge in [0.2, 0.25) is 11.8 Å². The van der Waals surface area contributed by atoms with Crippen molar-refractivity contribution in [2.75, 3.05) is 19.5 Å². The van der Waals surface area contributed by atoms with E-state index in [0.717, 1.165) is 24.4 Å². The van der Waals surface area contributed by atoms with E-state index in [1.54, 1.807) is 6.92 Å². The second-order valence-corrected chi connectivity index (χ2v) is 9.42. The minimum atomic E-state index is -1.36. The van der Waals surface area contributed by atoms with Crippen LogP contribution in [0.4, 0.5) is 0 Å². The number of rotatable bonds is 9. The van der Waals surface area contributed by atoms with Crippen molar-refractivity contribution in [1.82, 2.24) is 10.6 Å². The fourth-order valence-corrected chi connectivity index (χ4v) is 5.20. The number of esters is 1. The molecule has 0 saturated carbocycles. The van der Waals surface area contributed by atoms with Crippen LogP contribution < -0.4 is 15.4 Å². The van der Waals surface area contributed by atoms with Crippen LogP contribution in [-0.4, -0.2) is 37.3 Å². The van der Waals surface area contributed by atoms with Gasteiger partial charge < -0.3 is 20.1 Å². The van der Waals surface area contributed by atoms with Crippen LogP contribution in [-0.2, 0) is 25.7 Å². The van der Waals surface area contributed by atoms with Crippen LogP contribution in [0.1, 0.15) is 24.0 Å². The maximum atomic E-state index is 13.0. The van der Waals surface area contributed by atoms with Crippen molar-refractivity contribution in [1.29, 1.82) is 5.26 Å². The number of ether oxygens (including phenoxy) is 2. The first kappa shape index (κ1) is 27.4. The molecular formula is C25H23Cl2N3O5S. The molecule has 0 fully saturated rings. The molecule has 188 valence electrons. The van der Waals surface area contributed by atoms with Gasteiger partial charge in [-0.25, -0.2) is 0 Å². The van der Waals surface area contributed by atoms with Gasteiger partial charge in [0.25, 0.3) is 0 Å². The lowest BCUT2D eigenvalue weighted by atomic mass is 9.78. The van der Waals surface area contributed by atoms with Crippen LogP contribution >= 0.6 is 35.0 Å². The van der Waals surface area contributed by atoms with Gasteiger partial charge >= 0.3 is 5.97 Å². The van der Waals surface area contributed by atoms with Crippen LogP contribution in [0.15, 0.2) is 53.1 Å². The Balaban J connectivity index is 1.91. The average Bonchev–Trinajstić information content (AvgIpc) is 2.87. The van der Waals surface area contributed by atoms with Gasteiger partial charge in [-0.05, 0) is 30.2 Å². The van der Waals surface area contributed by atoms with Crippen molar-refractivity contribution in [3.05, 3.63) is 74.2 Å². The molecule has 2 aromatic carbocycles. The van der Waals surface area contributed by atoms with Crippen molar-refractivity contribution < 1.29 is 23.9 Å². The predicted octanol–water partition coefficient (Wildman–Crippen LogP) is 4.18. The van der Waals surface area contributed by atoms with Crippen molar-refractivity contribution in [2.24, 2.45) is 5.92 Å². The molecule has 0 saturated heterocycles. The van der Waals surface area contributed by atoms with E-state index in [1.165, 1.54) is 12.1 Å². The molecule has 2 N–H and O–H groups in total. The lowest BCUT2D eigenvalue weighted by molar-refractivity contribution is -0.150. The maximum Gasteiger partial charge on any atom is 0.319 e. The zero-order valence-corrected chi connectivity index (χ0v) is 21.8. The summed E-state index contributed by atoms with van der Waals surface area (Å²) < 4.78 is 10.3. The van der Waals surface area contributed by atoms with Gasteiger partial charge in [-0.2, -0.15) is 5.26 Å². The van der Waals surface area contributed by atoms with Crippen LogP contribution in [0.3, 0.4) is 0 Å². The summed E-state index contributed by atoms with van der Waals surface area (Å²) in [5.74, 6) is -3.97. The normalized spacial score (nSPS) is 17.1. The van der Waals surface area contributed by atoms with Gasteiger partial charge in [0.15, 0.2) is 5.75 Å². The van der Waals surface area contributed by atoms with Crippen LogP contribution in [0.2, 0.25) is 10.0 Å².